The maximum Gasteiger partial charge on any atom is 0.255 e. The second-order valence-corrected chi connectivity index (χ2v) is 4.35. The molecule has 16 heavy (non-hydrogen) atoms. The van der Waals surface area contributed by atoms with Gasteiger partial charge in [-0.2, -0.15) is 0 Å². The Labute approximate surface area is 95.6 Å². The van der Waals surface area contributed by atoms with E-state index in [4.69, 9.17) is 5.73 Å². The number of aromatic nitrogens is 4. The number of nitrogen functional groups attached to an aromatic ring is 1. The van der Waals surface area contributed by atoms with Gasteiger partial charge in [-0.1, -0.05) is 0 Å². The van der Waals surface area contributed by atoms with Gasteiger partial charge < -0.3 is 5.73 Å². The summed E-state index contributed by atoms with van der Waals surface area (Å²) in [5, 5.41) is 10.1. The molecule has 0 aliphatic rings. The van der Waals surface area contributed by atoms with E-state index in [1.807, 2.05) is 29.0 Å². The zero-order valence-electron chi connectivity index (χ0n) is 8.58. The highest BCUT2D eigenvalue weighted by molar-refractivity contribution is 7.14. The monoisotopic (exact) mass is 231 g/mol. The number of hydrogen-bond acceptors (Lipinski definition) is 5. The van der Waals surface area contributed by atoms with Crippen LogP contribution in [0.1, 0.15) is 5.56 Å². The van der Waals surface area contributed by atoms with Gasteiger partial charge in [0.25, 0.3) is 5.78 Å². The molecule has 0 atom stereocenters. The molecule has 0 aliphatic carbocycles. The van der Waals surface area contributed by atoms with Crippen LogP contribution in [0.3, 0.4) is 0 Å². The van der Waals surface area contributed by atoms with Crippen LogP contribution >= 0.6 is 11.3 Å². The maximum absolute atomic E-state index is 5.99. The zero-order chi connectivity index (χ0) is 11.1. The molecular formula is C10H9N5S. The van der Waals surface area contributed by atoms with E-state index in [1.54, 1.807) is 17.5 Å². The molecule has 3 aromatic heterocycles. The van der Waals surface area contributed by atoms with Gasteiger partial charge in [0.15, 0.2) is 5.82 Å². The Bertz CT molecular complexity index is 654. The lowest BCUT2D eigenvalue weighted by atomic mass is 10.3. The Hall–Kier alpha value is -1.95. The third-order valence-corrected chi connectivity index (χ3v) is 3.52. The number of anilines is 1. The van der Waals surface area contributed by atoms with Gasteiger partial charge in [0.05, 0.1) is 10.6 Å². The molecule has 5 nitrogen and oxygen atoms in total. The lowest BCUT2D eigenvalue weighted by molar-refractivity contribution is 1.10. The first-order chi connectivity index (χ1) is 7.77. The number of thiophene rings is 1. The van der Waals surface area contributed by atoms with Gasteiger partial charge in [-0.05, 0) is 23.9 Å². The van der Waals surface area contributed by atoms with Crippen molar-refractivity contribution < 1.29 is 0 Å². The molecule has 0 unspecified atom stereocenters. The number of hydrogen-bond donors (Lipinski definition) is 1. The minimum atomic E-state index is 0.586. The molecular weight excluding hydrogens is 222 g/mol. The maximum atomic E-state index is 5.99. The van der Waals surface area contributed by atoms with Crippen LogP contribution in [0.5, 0.6) is 0 Å². The van der Waals surface area contributed by atoms with Gasteiger partial charge in [-0.25, -0.2) is 4.98 Å². The first-order valence-electron chi connectivity index (χ1n) is 4.77. The van der Waals surface area contributed by atoms with E-state index in [2.05, 4.69) is 15.2 Å². The molecule has 0 aromatic carbocycles. The van der Waals surface area contributed by atoms with Crippen LogP contribution in [0, 0.1) is 6.92 Å². The summed E-state index contributed by atoms with van der Waals surface area (Å²) in [6.07, 6.45) is 3.57. The highest BCUT2D eigenvalue weighted by Gasteiger charge is 2.14. The third-order valence-electron chi connectivity index (χ3n) is 2.42. The SMILES string of the molecule is Cc1csc(-c2nnc3ncccn23)c1N. The van der Waals surface area contributed by atoms with E-state index >= 15 is 0 Å². The van der Waals surface area contributed by atoms with E-state index in [1.165, 1.54) is 0 Å². The average Bonchev–Trinajstić information content (AvgIpc) is 2.85. The summed E-state index contributed by atoms with van der Waals surface area (Å²) in [6, 6.07) is 1.84. The molecule has 3 heterocycles. The molecule has 0 bridgehead atoms. The van der Waals surface area contributed by atoms with E-state index < -0.39 is 0 Å². The van der Waals surface area contributed by atoms with Crippen LogP contribution in [0.15, 0.2) is 23.8 Å². The van der Waals surface area contributed by atoms with Gasteiger partial charge in [0.1, 0.15) is 0 Å². The van der Waals surface area contributed by atoms with Crippen LogP contribution < -0.4 is 5.73 Å². The molecule has 80 valence electrons. The predicted molar refractivity (Wildman–Crippen MR) is 63.2 cm³/mol. The molecule has 0 saturated heterocycles. The molecule has 0 fully saturated rings. The molecule has 6 heteroatoms. The Morgan fingerprint density at radius 3 is 3.00 bits per heavy atom. The number of nitrogens with two attached hydrogens (primary N) is 1. The van der Waals surface area contributed by atoms with E-state index in [0.29, 0.717) is 5.78 Å². The average molecular weight is 231 g/mol. The highest BCUT2D eigenvalue weighted by atomic mass is 32.1. The van der Waals surface area contributed by atoms with E-state index in [0.717, 1.165) is 22.0 Å². The molecule has 0 saturated carbocycles. The molecule has 0 spiro atoms. The van der Waals surface area contributed by atoms with Crippen molar-refractivity contribution in [3.05, 3.63) is 29.4 Å². The van der Waals surface area contributed by atoms with E-state index in [-0.39, 0.29) is 0 Å². The first-order valence-corrected chi connectivity index (χ1v) is 5.65. The molecule has 0 aliphatic heterocycles. The summed E-state index contributed by atoms with van der Waals surface area (Å²) < 4.78 is 1.83. The van der Waals surface area contributed by atoms with E-state index in [9.17, 15) is 0 Å². The number of aryl methyl sites for hydroxylation is 1. The van der Waals surface area contributed by atoms with Crippen molar-refractivity contribution in [2.45, 2.75) is 6.92 Å². The Morgan fingerprint density at radius 2 is 2.25 bits per heavy atom. The van der Waals surface area contributed by atoms with Crippen LogP contribution in [0.2, 0.25) is 0 Å². The molecule has 2 N–H and O–H groups in total. The van der Waals surface area contributed by atoms with Crippen molar-refractivity contribution in [2.24, 2.45) is 0 Å². The second kappa shape index (κ2) is 3.28. The molecule has 3 rings (SSSR count). The van der Waals surface area contributed by atoms with Crippen molar-refractivity contribution in [3.8, 4) is 10.7 Å². The summed E-state index contributed by atoms with van der Waals surface area (Å²) in [7, 11) is 0. The number of nitrogens with zero attached hydrogens (tertiary/aromatic N) is 4. The normalized spacial score (nSPS) is 11.1. The summed E-state index contributed by atoms with van der Waals surface area (Å²) in [6.45, 7) is 1.98. The highest BCUT2D eigenvalue weighted by Crippen LogP contribution is 2.33. The molecule has 3 aromatic rings. The van der Waals surface area contributed by atoms with Crippen molar-refractivity contribution in [2.75, 3.05) is 5.73 Å². The van der Waals surface area contributed by atoms with Crippen LogP contribution in [0.4, 0.5) is 5.69 Å². The van der Waals surface area contributed by atoms with Gasteiger partial charge in [-0.3, -0.25) is 4.40 Å². The zero-order valence-corrected chi connectivity index (χ0v) is 9.40. The summed E-state index contributed by atoms with van der Waals surface area (Å²) in [4.78, 5) is 5.06. The lowest BCUT2D eigenvalue weighted by Gasteiger charge is -1.97. The van der Waals surface area contributed by atoms with Crippen molar-refractivity contribution in [1.82, 2.24) is 19.6 Å². The molecule has 0 radical (unpaired) electrons. The number of rotatable bonds is 1. The van der Waals surface area contributed by atoms with Crippen molar-refractivity contribution in [1.29, 1.82) is 0 Å². The lowest BCUT2D eigenvalue weighted by Crippen LogP contribution is -1.92. The van der Waals surface area contributed by atoms with Gasteiger partial charge in [-0.15, -0.1) is 21.5 Å². The first kappa shape index (κ1) is 9.29. The minimum absolute atomic E-state index is 0.586. The van der Waals surface area contributed by atoms with Gasteiger partial charge >= 0.3 is 0 Å². The fourth-order valence-corrected chi connectivity index (χ4v) is 2.48. The molecule has 0 amide bonds. The Kier molecular flexibility index (Phi) is 1.90. The van der Waals surface area contributed by atoms with Crippen molar-refractivity contribution >= 4 is 22.8 Å². The predicted octanol–water partition coefficient (Wildman–Crippen LogP) is 1.74. The van der Waals surface area contributed by atoms with Crippen LogP contribution in [-0.4, -0.2) is 19.6 Å². The largest absolute Gasteiger partial charge is 0.397 e. The summed E-state index contributed by atoms with van der Waals surface area (Å²) in [5.74, 6) is 1.33. The van der Waals surface area contributed by atoms with Crippen LogP contribution in [0.25, 0.3) is 16.5 Å². The number of fused-ring (bicyclic) bond motifs is 1. The minimum Gasteiger partial charge on any atom is -0.397 e. The fraction of sp³-hybridized carbons (Fsp3) is 0.100. The quantitative estimate of drug-likeness (QED) is 0.692. The summed E-state index contributed by atoms with van der Waals surface area (Å²) in [5.41, 5.74) is 7.83. The van der Waals surface area contributed by atoms with Gasteiger partial charge in [0, 0.05) is 12.4 Å². The topological polar surface area (TPSA) is 69.1 Å². The second-order valence-electron chi connectivity index (χ2n) is 3.47. The van der Waals surface area contributed by atoms with Crippen molar-refractivity contribution in [3.63, 3.8) is 0 Å². The summed E-state index contributed by atoms with van der Waals surface area (Å²) >= 11 is 1.57. The third kappa shape index (κ3) is 1.20. The standard InChI is InChI=1S/C10H9N5S/c1-6-5-16-8(7(6)11)9-13-14-10-12-3-2-4-15(9)10/h2-5H,11H2,1H3. The fourth-order valence-electron chi connectivity index (χ4n) is 1.52. The van der Waals surface area contributed by atoms with Gasteiger partial charge in [0.2, 0.25) is 0 Å². The smallest absolute Gasteiger partial charge is 0.255 e. The van der Waals surface area contributed by atoms with Crippen LogP contribution in [-0.2, 0) is 0 Å². The Morgan fingerprint density at radius 1 is 1.38 bits per heavy atom. The Balaban J connectivity index is 2.30.